The lowest BCUT2D eigenvalue weighted by molar-refractivity contribution is -0.133. The van der Waals surface area contributed by atoms with Gasteiger partial charge in [0.05, 0.1) is 6.42 Å². The second-order valence-electron chi connectivity index (χ2n) is 11.5. The SMILES string of the molecule is CCCCCC(=O)N1CCN(CCN(CC2=CCC3CC2C3(C)C)C(=O)Cc2ccccc2)CC1. The van der Waals surface area contributed by atoms with E-state index >= 15 is 0 Å². The van der Waals surface area contributed by atoms with Gasteiger partial charge in [-0.05, 0) is 42.1 Å². The van der Waals surface area contributed by atoms with Gasteiger partial charge in [0.2, 0.25) is 11.8 Å². The van der Waals surface area contributed by atoms with Gasteiger partial charge in [0, 0.05) is 52.2 Å². The summed E-state index contributed by atoms with van der Waals surface area (Å²) in [6.45, 7) is 12.8. The fourth-order valence-electron chi connectivity index (χ4n) is 6.22. The van der Waals surface area contributed by atoms with Crippen LogP contribution in [0.2, 0.25) is 0 Å². The van der Waals surface area contributed by atoms with Crippen molar-refractivity contribution in [1.29, 1.82) is 0 Å². The smallest absolute Gasteiger partial charge is 0.227 e. The van der Waals surface area contributed by atoms with E-state index in [0.29, 0.717) is 30.1 Å². The Labute approximate surface area is 212 Å². The first-order valence-electron chi connectivity index (χ1n) is 13.9. The summed E-state index contributed by atoms with van der Waals surface area (Å²) in [5.74, 6) is 1.96. The van der Waals surface area contributed by atoms with Crippen molar-refractivity contribution in [3.63, 3.8) is 0 Å². The molecule has 2 unspecified atom stereocenters. The van der Waals surface area contributed by atoms with E-state index in [-0.39, 0.29) is 5.91 Å². The van der Waals surface area contributed by atoms with Gasteiger partial charge in [0.25, 0.3) is 0 Å². The van der Waals surface area contributed by atoms with E-state index < -0.39 is 0 Å². The normalized spacial score (nSPS) is 23.4. The number of carbonyl (C=O) groups is 2. The fraction of sp³-hybridized carbons (Fsp3) is 0.667. The number of carbonyl (C=O) groups excluding carboxylic acids is 2. The van der Waals surface area contributed by atoms with Gasteiger partial charge in [-0.2, -0.15) is 0 Å². The minimum Gasteiger partial charge on any atom is -0.340 e. The molecule has 1 saturated heterocycles. The van der Waals surface area contributed by atoms with E-state index in [1.165, 1.54) is 12.0 Å². The first-order valence-corrected chi connectivity index (χ1v) is 13.9. The van der Waals surface area contributed by atoms with Gasteiger partial charge >= 0.3 is 0 Å². The van der Waals surface area contributed by atoms with Crippen LogP contribution in [0.3, 0.4) is 0 Å². The quantitative estimate of drug-likeness (QED) is 0.339. The summed E-state index contributed by atoms with van der Waals surface area (Å²) >= 11 is 0. The van der Waals surface area contributed by atoms with Crippen LogP contribution in [0, 0.1) is 17.3 Å². The number of fused-ring (bicyclic) bond motifs is 1. The minimum atomic E-state index is 0.223. The zero-order valence-electron chi connectivity index (χ0n) is 22.2. The molecule has 5 nitrogen and oxygen atoms in total. The summed E-state index contributed by atoms with van der Waals surface area (Å²) in [5.41, 5.74) is 2.93. The van der Waals surface area contributed by atoms with Crippen LogP contribution in [0.15, 0.2) is 42.0 Å². The molecule has 4 aliphatic rings. The average Bonchev–Trinajstić information content (AvgIpc) is 2.87. The van der Waals surface area contributed by atoms with E-state index in [1.807, 2.05) is 35.2 Å². The van der Waals surface area contributed by atoms with Crippen molar-refractivity contribution in [2.45, 2.75) is 65.7 Å². The van der Waals surface area contributed by atoms with Gasteiger partial charge < -0.3 is 9.80 Å². The highest BCUT2D eigenvalue weighted by Gasteiger charge is 2.51. The Morgan fingerprint density at radius 2 is 1.80 bits per heavy atom. The summed E-state index contributed by atoms with van der Waals surface area (Å²) in [5, 5.41) is 0. The van der Waals surface area contributed by atoms with Crippen LogP contribution >= 0.6 is 0 Å². The number of piperazine rings is 1. The molecule has 2 atom stereocenters. The molecule has 35 heavy (non-hydrogen) atoms. The highest BCUT2D eigenvalue weighted by molar-refractivity contribution is 5.79. The van der Waals surface area contributed by atoms with Crippen molar-refractivity contribution in [3.05, 3.63) is 47.5 Å². The number of benzene rings is 1. The Balaban J connectivity index is 1.32. The summed E-state index contributed by atoms with van der Waals surface area (Å²) in [7, 11) is 0. The fourth-order valence-corrected chi connectivity index (χ4v) is 6.22. The number of unbranched alkanes of at least 4 members (excludes halogenated alkanes) is 2. The van der Waals surface area contributed by atoms with Crippen LogP contribution in [0.1, 0.15) is 64.9 Å². The third-order valence-corrected chi connectivity index (χ3v) is 8.91. The molecule has 5 rings (SSSR count). The van der Waals surface area contributed by atoms with Crippen LogP contribution in [0.5, 0.6) is 0 Å². The molecule has 3 aliphatic carbocycles. The molecule has 2 fully saturated rings. The second kappa shape index (κ2) is 11.7. The number of nitrogens with zero attached hydrogens (tertiary/aromatic N) is 3. The third kappa shape index (κ3) is 6.35. The summed E-state index contributed by atoms with van der Waals surface area (Å²) in [6, 6.07) is 10.1. The Morgan fingerprint density at radius 1 is 1.06 bits per heavy atom. The lowest BCUT2D eigenvalue weighted by Gasteiger charge is -2.57. The molecular weight excluding hydrogens is 434 g/mol. The molecule has 0 N–H and O–H groups in total. The highest BCUT2D eigenvalue weighted by atomic mass is 16.2. The Bertz CT molecular complexity index is 886. The number of hydrogen-bond donors (Lipinski definition) is 0. The molecule has 2 bridgehead atoms. The first-order chi connectivity index (χ1) is 16.9. The highest BCUT2D eigenvalue weighted by Crippen LogP contribution is 2.59. The number of hydrogen-bond acceptors (Lipinski definition) is 3. The molecule has 1 aromatic rings. The van der Waals surface area contributed by atoms with Gasteiger partial charge in [-0.3, -0.25) is 14.5 Å². The van der Waals surface area contributed by atoms with Crippen molar-refractivity contribution in [2.24, 2.45) is 17.3 Å². The van der Waals surface area contributed by atoms with Gasteiger partial charge in [-0.15, -0.1) is 0 Å². The van der Waals surface area contributed by atoms with Crippen molar-refractivity contribution in [3.8, 4) is 0 Å². The maximum absolute atomic E-state index is 13.4. The van der Waals surface area contributed by atoms with Gasteiger partial charge in [-0.25, -0.2) is 0 Å². The zero-order valence-corrected chi connectivity index (χ0v) is 22.2. The minimum absolute atomic E-state index is 0.223. The Morgan fingerprint density at radius 3 is 2.46 bits per heavy atom. The lowest BCUT2D eigenvalue weighted by Crippen LogP contribution is -2.52. The van der Waals surface area contributed by atoms with Crippen LogP contribution < -0.4 is 0 Å². The molecule has 1 aromatic carbocycles. The van der Waals surface area contributed by atoms with Crippen molar-refractivity contribution in [1.82, 2.24) is 14.7 Å². The molecule has 1 aliphatic heterocycles. The molecule has 1 heterocycles. The average molecular weight is 480 g/mol. The molecule has 0 spiro atoms. The Kier molecular flexibility index (Phi) is 8.69. The summed E-state index contributed by atoms with van der Waals surface area (Å²) in [6.07, 6.45) is 9.30. The second-order valence-corrected chi connectivity index (χ2v) is 11.5. The predicted octanol–water partition coefficient (Wildman–Crippen LogP) is 4.77. The first kappa shape index (κ1) is 25.9. The van der Waals surface area contributed by atoms with Crippen molar-refractivity contribution in [2.75, 3.05) is 45.8 Å². The largest absolute Gasteiger partial charge is 0.340 e. The van der Waals surface area contributed by atoms with Crippen LogP contribution in [-0.2, 0) is 16.0 Å². The lowest BCUT2D eigenvalue weighted by atomic mass is 9.49. The molecule has 192 valence electrons. The molecule has 0 radical (unpaired) electrons. The predicted molar refractivity (Wildman–Crippen MR) is 142 cm³/mol. The van der Waals surface area contributed by atoms with E-state index in [0.717, 1.165) is 83.0 Å². The number of allylic oxidation sites excluding steroid dienone is 1. The molecule has 1 saturated carbocycles. The number of amides is 2. The van der Waals surface area contributed by atoms with E-state index in [9.17, 15) is 9.59 Å². The summed E-state index contributed by atoms with van der Waals surface area (Å²) in [4.78, 5) is 32.5. The van der Waals surface area contributed by atoms with E-state index in [2.05, 4.69) is 36.6 Å². The maximum Gasteiger partial charge on any atom is 0.227 e. The Hall–Kier alpha value is -2.14. The molecule has 2 amide bonds. The third-order valence-electron chi connectivity index (χ3n) is 8.91. The van der Waals surface area contributed by atoms with E-state index in [1.54, 1.807) is 0 Å². The van der Waals surface area contributed by atoms with Gasteiger partial charge in [-0.1, -0.05) is 75.6 Å². The van der Waals surface area contributed by atoms with Crippen LogP contribution in [0.4, 0.5) is 0 Å². The molecule has 0 aromatic heterocycles. The maximum atomic E-state index is 13.4. The molecule has 5 heteroatoms. The van der Waals surface area contributed by atoms with Crippen LogP contribution in [-0.4, -0.2) is 72.3 Å². The molecular formula is C30H45N3O2. The van der Waals surface area contributed by atoms with Crippen molar-refractivity contribution >= 4 is 11.8 Å². The summed E-state index contributed by atoms with van der Waals surface area (Å²) < 4.78 is 0. The van der Waals surface area contributed by atoms with Crippen molar-refractivity contribution < 1.29 is 9.59 Å². The van der Waals surface area contributed by atoms with Gasteiger partial charge in [0.1, 0.15) is 0 Å². The monoisotopic (exact) mass is 479 g/mol. The zero-order chi connectivity index (χ0) is 24.8. The van der Waals surface area contributed by atoms with Crippen LogP contribution in [0.25, 0.3) is 0 Å². The number of rotatable bonds is 11. The standard InChI is InChI=1S/C30H45N3O2/c1-4-5-7-12-28(34)32-18-15-31(16-19-32)17-20-33(29(35)21-24-10-8-6-9-11-24)23-25-13-14-26-22-27(25)30(26,2)3/h6,8-11,13,26-27H,4-5,7,12,14-23H2,1-3H3. The van der Waals surface area contributed by atoms with Gasteiger partial charge in [0.15, 0.2) is 0 Å². The topological polar surface area (TPSA) is 43.9 Å². The van der Waals surface area contributed by atoms with E-state index in [4.69, 9.17) is 0 Å².